The van der Waals surface area contributed by atoms with Crippen LogP contribution in [0, 0.1) is 6.92 Å². The van der Waals surface area contributed by atoms with Crippen LogP contribution in [-0.4, -0.2) is 40.7 Å². The van der Waals surface area contributed by atoms with Crippen LogP contribution in [0.4, 0.5) is 11.5 Å². The molecule has 27 heavy (non-hydrogen) atoms. The van der Waals surface area contributed by atoms with E-state index in [9.17, 15) is 9.59 Å². The molecule has 7 nitrogen and oxygen atoms in total. The number of rotatable bonds is 5. The van der Waals surface area contributed by atoms with E-state index in [4.69, 9.17) is 0 Å². The lowest BCUT2D eigenvalue weighted by Gasteiger charge is -2.34. The maximum absolute atomic E-state index is 12.4. The number of hydrogen-bond donors (Lipinski definition) is 2. The highest BCUT2D eigenvalue weighted by Gasteiger charge is 2.23. The zero-order chi connectivity index (χ0) is 19.4. The Morgan fingerprint density at radius 2 is 2.00 bits per heavy atom. The standard InChI is InChI=1S/C20H27N5O2/c1-14-11-20(24(3)23-14)25-10-4-5-18(13-25)22-19(27)12-16-6-8-17(9-7-16)21-15(2)26/h6-9,11,18H,4-5,10,12-13H2,1-3H3,(H,21,26)(H,22,27)/t18-/m1/s1. The molecule has 0 unspecified atom stereocenters. The Morgan fingerprint density at radius 3 is 2.63 bits per heavy atom. The Morgan fingerprint density at radius 1 is 1.26 bits per heavy atom. The van der Waals surface area contributed by atoms with Crippen molar-refractivity contribution in [3.8, 4) is 0 Å². The van der Waals surface area contributed by atoms with Crippen LogP contribution in [-0.2, 0) is 23.1 Å². The summed E-state index contributed by atoms with van der Waals surface area (Å²) in [7, 11) is 1.95. The topological polar surface area (TPSA) is 79.3 Å². The van der Waals surface area contributed by atoms with Gasteiger partial charge in [-0.25, -0.2) is 0 Å². The fourth-order valence-corrected chi connectivity index (χ4v) is 3.57. The molecule has 1 aromatic heterocycles. The fraction of sp³-hybridized carbons (Fsp3) is 0.450. The Labute approximate surface area is 159 Å². The molecule has 1 aliphatic heterocycles. The third-order valence-corrected chi connectivity index (χ3v) is 4.73. The van der Waals surface area contributed by atoms with Gasteiger partial charge in [-0.2, -0.15) is 5.10 Å². The molecule has 0 bridgehead atoms. The molecule has 2 aromatic rings. The molecule has 1 atom stereocenters. The Hall–Kier alpha value is -2.83. The zero-order valence-corrected chi connectivity index (χ0v) is 16.2. The second kappa shape index (κ2) is 8.24. The van der Waals surface area contributed by atoms with Gasteiger partial charge in [0.15, 0.2) is 0 Å². The lowest BCUT2D eigenvalue weighted by molar-refractivity contribution is -0.121. The van der Waals surface area contributed by atoms with Gasteiger partial charge in [0, 0.05) is 44.9 Å². The predicted octanol–water partition coefficient (Wildman–Crippen LogP) is 2.01. The number of benzene rings is 1. The van der Waals surface area contributed by atoms with Crippen molar-refractivity contribution in [3.05, 3.63) is 41.6 Å². The maximum atomic E-state index is 12.4. The fourth-order valence-electron chi connectivity index (χ4n) is 3.57. The van der Waals surface area contributed by atoms with Gasteiger partial charge in [0.2, 0.25) is 11.8 Å². The highest BCUT2D eigenvalue weighted by molar-refractivity contribution is 5.88. The van der Waals surface area contributed by atoms with Crippen LogP contribution in [0.25, 0.3) is 0 Å². The lowest BCUT2D eigenvalue weighted by atomic mass is 10.0. The summed E-state index contributed by atoms with van der Waals surface area (Å²) in [6, 6.07) is 9.60. The number of aryl methyl sites for hydroxylation is 2. The summed E-state index contributed by atoms with van der Waals surface area (Å²) in [6.45, 7) is 5.24. The highest BCUT2D eigenvalue weighted by Crippen LogP contribution is 2.20. The lowest BCUT2D eigenvalue weighted by Crippen LogP contribution is -2.48. The minimum atomic E-state index is -0.106. The van der Waals surface area contributed by atoms with E-state index in [1.165, 1.54) is 6.92 Å². The van der Waals surface area contributed by atoms with E-state index >= 15 is 0 Å². The number of carbonyl (C=O) groups excluding carboxylic acids is 2. The number of nitrogens with one attached hydrogen (secondary N) is 2. The summed E-state index contributed by atoms with van der Waals surface area (Å²) in [5, 5.41) is 10.3. The molecule has 1 aromatic carbocycles. The van der Waals surface area contributed by atoms with E-state index in [0.29, 0.717) is 6.42 Å². The molecular formula is C20H27N5O2. The van der Waals surface area contributed by atoms with Crippen LogP contribution in [0.15, 0.2) is 30.3 Å². The quantitative estimate of drug-likeness (QED) is 0.845. The molecule has 0 saturated carbocycles. The van der Waals surface area contributed by atoms with Crippen molar-refractivity contribution >= 4 is 23.3 Å². The summed E-state index contributed by atoms with van der Waals surface area (Å²) < 4.78 is 1.90. The Kier molecular flexibility index (Phi) is 5.78. The van der Waals surface area contributed by atoms with Gasteiger partial charge in [0.1, 0.15) is 5.82 Å². The molecule has 1 aliphatic rings. The number of hydrogen-bond acceptors (Lipinski definition) is 4. The first-order chi connectivity index (χ1) is 12.9. The maximum Gasteiger partial charge on any atom is 0.224 e. The third-order valence-electron chi connectivity index (χ3n) is 4.73. The number of aromatic nitrogens is 2. The smallest absolute Gasteiger partial charge is 0.224 e. The third kappa shape index (κ3) is 5.09. The van der Waals surface area contributed by atoms with Gasteiger partial charge in [-0.05, 0) is 37.5 Å². The number of nitrogens with zero attached hydrogens (tertiary/aromatic N) is 3. The molecule has 3 rings (SSSR count). The summed E-state index contributed by atoms with van der Waals surface area (Å²) >= 11 is 0. The summed E-state index contributed by atoms with van der Waals surface area (Å²) in [5.74, 6) is 1.02. The molecule has 0 radical (unpaired) electrons. The van der Waals surface area contributed by atoms with Crippen molar-refractivity contribution in [3.63, 3.8) is 0 Å². The molecule has 144 valence electrons. The highest BCUT2D eigenvalue weighted by atomic mass is 16.2. The van der Waals surface area contributed by atoms with Crippen LogP contribution in [0.1, 0.15) is 31.0 Å². The molecule has 7 heteroatoms. The number of amides is 2. The first kappa shape index (κ1) is 18.9. The van der Waals surface area contributed by atoms with Gasteiger partial charge < -0.3 is 15.5 Å². The Bertz CT molecular complexity index is 812. The minimum absolute atomic E-state index is 0.0234. The predicted molar refractivity (Wildman–Crippen MR) is 106 cm³/mol. The van der Waals surface area contributed by atoms with E-state index < -0.39 is 0 Å². The van der Waals surface area contributed by atoms with Crippen molar-refractivity contribution in [1.29, 1.82) is 0 Å². The molecule has 1 fully saturated rings. The molecule has 1 saturated heterocycles. The zero-order valence-electron chi connectivity index (χ0n) is 16.2. The van der Waals surface area contributed by atoms with Crippen molar-refractivity contribution in [2.24, 2.45) is 7.05 Å². The van der Waals surface area contributed by atoms with Crippen LogP contribution in [0.3, 0.4) is 0 Å². The average Bonchev–Trinajstić information content (AvgIpc) is 2.95. The first-order valence-electron chi connectivity index (χ1n) is 9.32. The SMILES string of the molecule is CC(=O)Nc1ccc(CC(=O)N[C@@H]2CCCN(c3cc(C)nn3C)C2)cc1. The van der Waals surface area contributed by atoms with Gasteiger partial charge >= 0.3 is 0 Å². The van der Waals surface area contributed by atoms with Crippen molar-refractivity contribution < 1.29 is 9.59 Å². The van der Waals surface area contributed by atoms with Crippen molar-refractivity contribution in [2.75, 3.05) is 23.3 Å². The molecule has 2 heterocycles. The van der Waals surface area contributed by atoms with Crippen LogP contribution < -0.4 is 15.5 Å². The molecule has 2 amide bonds. The van der Waals surface area contributed by atoms with Gasteiger partial charge in [0.05, 0.1) is 12.1 Å². The van der Waals surface area contributed by atoms with E-state index in [-0.39, 0.29) is 17.9 Å². The monoisotopic (exact) mass is 369 g/mol. The summed E-state index contributed by atoms with van der Waals surface area (Å²) in [4.78, 5) is 25.8. The second-order valence-corrected chi connectivity index (χ2v) is 7.18. The van der Waals surface area contributed by atoms with Crippen LogP contribution >= 0.6 is 0 Å². The van der Waals surface area contributed by atoms with Gasteiger partial charge in [-0.15, -0.1) is 0 Å². The van der Waals surface area contributed by atoms with Gasteiger partial charge in [0.25, 0.3) is 0 Å². The first-order valence-corrected chi connectivity index (χ1v) is 9.32. The molecular weight excluding hydrogens is 342 g/mol. The number of piperidine rings is 1. The summed E-state index contributed by atoms with van der Waals surface area (Å²) in [6.07, 6.45) is 2.36. The summed E-state index contributed by atoms with van der Waals surface area (Å²) in [5.41, 5.74) is 2.67. The van der Waals surface area contributed by atoms with Gasteiger partial charge in [-0.1, -0.05) is 12.1 Å². The number of anilines is 2. The van der Waals surface area contributed by atoms with E-state index in [0.717, 1.165) is 48.7 Å². The molecule has 2 N–H and O–H groups in total. The normalized spacial score (nSPS) is 16.9. The van der Waals surface area contributed by atoms with E-state index in [1.54, 1.807) is 0 Å². The van der Waals surface area contributed by atoms with Crippen LogP contribution in [0.5, 0.6) is 0 Å². The van der Waals surface area contributed by atoms with Crippen LogP contribution in [0.2, 0.25) is 0 Å². The number of carbonyl (C=O) groups is 2. The Balaban J connectivity index is 1.54. The minimum Gasteiger partial charge on any atom is -0.355 e. The van der Waals surface area contributed by atoms with E-state index in [2.05, 4.69) is 26.7 Å². The second-order valence-electron chi connectivity index (χ2n) is 7.18. The molecule has 0 spiro atoms. The average molecular weight is 369 g/mol. The largest absolute Gasteiger partial charge is 0.355 e. The van der Waals surface area contributed by atoms with E-state index in [1.807, 2.05) is 42.9 Å². The molecule has 0 aliphatic carbocycles. The van der Waals surface area contributed by atoms with Gasteiger partial charge in [-0.3, -0.25) is 14.3 Å². The van der Waals surface area contributed by atoms with Crippen molar-refractivity contribution in [1.82, 2.24) is 15.1 Å². The van der Waals surface area contributed by atoms with Crippen molar-refractivity contribution in [2.45, 2.75) is 39.2 Å².